The Morgan fingerprint density at radius 1 is 1.13 bits per heavy atom. The van der Waals surface area contributed by atoms with E-state index in [1.54, 1.807) is 6.20 Å². The Kier molecular flexibility index (Phi) is 6.74. The first kappa shape index (κ1) is 20.8. The van der Waals surface area contributed by atoms with Gasteiger partial charge in [0.25, 0.3) is 5.91 Å². The van der Waals surface area contributed by atoms with Gasteiger partial charge in [0.15, 0.2) is 0 Å². The summed E-state index contributed by atoms with van der Waals surface area (Å²) in [5.74, 6) is 0.0137. The summed E-state index contributed by atoms with van der Waals surface area (Å²) >= 11 is 0. The van der Waals surface area contributed by atoms with Gasteiger partial charge in [0, 0.05) is 37.5 Å². The van der Waals surface area contributed by atoms with Gasteiger partial charge in [0.2, 0.25) is 0 Å². The van der Waals surface area contributed by atoms with Gasteiger partial charge in [0.05, 0.1) is 24.8 Å². The molecule has 0 radical (unpaired) electrons. The summed E-state index contributed by atoms with van der Waals surface area (Å²) in [5, 5.41) is 11.8. The Labute approximate surface area is 182 Å². The molecular weight excluding hydrogens is 390 g/mol. The van der Waals surface area contributed by atoms with E-state index in [1.807, 2.05) is 64.3 Å². The Hall–Kier alpha value is -3.45. The fourth-order valence-electron chi connectivity index (χ4n) is 3.88. The third kappa shape index (κ3) is 5.19. The van der Waals surface area contributed by atoms with Crippen LogP contribution >= 0.6 is 0 Å². The Bertz CT molecular complexity index is 1000. The van der Waals surface area contributed by atoms with Gasteiger partial charge in [-0.15, -0.1) is 0 Å². The summed E-state index contributed by atoms with van der Waals surface area (Å²) in [6.07, 6.45) is 4.42. The molecule has 7 nitrogen and oxygen atoms in total. The van der Waals surface area contributed by atoms with E-state index in [2.05, 4.69) is 27.7 Å². The molecule has 0 bridgehead atoms. The minimum atomic E-state index is 0.0137. The van der Waals surface area contributed by atoms with Crippen LogP contribution in [0.2, 0.25) is 0 Å². The van der Waals surface area contributed by atoms with Crippen LogP contribution in [0, 0.1) is 0 Å². The number of aromatic nitrogens is 2. The van der Waals surface area contributed by atoms with Crippen molar-refractivity contribution in [1.29, 1.82) is 0 Å². The zero-order chi connectivity index (χ0) is 21.5. The first-order valence-electron chi connectivity index (χ1n) is 10.5. The number of rotatable bonds is 8. The summed E-state index contributed by atoms with van der Waals surface area (Å²) in [6, 6.07) is 19.9. The molecule has 31 heavy (non-hydrogen) atoms. The number of carbonyl (C=O) groups is 1. The average molecular weight is 418 g/mol. The molecule has 1 fully saturated rings. The van der Waals surface area contributed by atoms with Crippen molar-refractivity contribution in [3.05, 3.63) is 78.6 Å². The molecule has 3 aromatic rings. The van der Waals surface area contributed by atoms with Gasteiger partial charge in [-0.2, -0.15) is 5.10 Å². The molecule has 1 atom stereocenters. The molecule has 1 saturated heterocycles. The van der Waals surface area contributed by atoms with Crippen molar-refractivity contribution >= 4 is 11.6 Å². The van der Waals surface area contributed by atoms with Gasteiger partial charge in [0.1, 0.15) is 7.11 Å². The van der Waals surface area contributed by atoms with Crippen LogP contribution in [-0.4, -0.2) is 59.1 Å². The number of nitrogens with zero attached hydrogens (tertiary/aromatic N) is 4. The third-order valence-electron chi connectivity index (χ3n) is 5.44. The number of hydrogen-bond donors (Lipinski definition) is 1. The predicted octanol–water partition coefficient (Wildman–Crippen LogP) is 3.06. The van der Waals surface area contributed by atoms with Gasteiger partial charge in [-0.1, -0.05) is 47.6 Å². The van der Waals surface area contributed by atoms with E-state index in [1.165, 1.54) is 7.11 Å². The smallest absolute Gasteiger partial charge is 0.254 e. The summed E-state index contributed by atoms with van der Waals surface area (Å²) in [5.41, 5.74) is 3.80. The quantitative estimate of drug-likeness (QED) is 0.452. The molecule has 1 N–H and O–H groups in total. The van der Waals surface area contributed by atoms with E-state index in [0.29, 0.717) is 25.1 Å². The van der Waals surface area contributed by atoms with Gasteiger partial charge in [-0.3, -0.25) is 9.48 Å². The van der Waals surface area contributed by atoms with Crippen molar-refractivity contribution in [1.82, 2.24) is 20.0 Å². The number of carbonyl (C=O) groups excluding carboxylic acids is 1. The van der Waals surface area contributed by atoms with Crippen LogP contribution in [0.5, 0.6) is 0 Å². The Morgan fingerprint density at radius 2 is 1.90 bits per heavy atom. The maximum atomic E-state index is 13.3. The SMILES string of the molecule is CO/N=C1\CC(CNCCn2cccn2)N(C(=O)c2ccc(-c3ccccc3)cc2)C1. The fraction of sp³-hybridized carbons (Fsp3) is 0.292. The minimum absolute atomic E-state index is 0.0137. The second-order valence-electron chi connectivity index (χ2n) is 7.55. The monoisotopic (exact) mass is 417 g/mol. The van der Waals surface area contributed by atoms with Crippen LogP contribution in [-0.2, 0) is 11.4 Å². The number of nitrogens with one attached hydrogen (secondary N) is 1. The molecule has 0 aliphatic carbocycles. The van der Waals surface area contributed by atoms with Crippen molar-refractivity contribution in [2.75, 3.05) is 26.7 Å². The third-order valence-corrected chi connectivity index (χ3v) is 5.44. The van der Waals surface area contributed by atoms with Crippen molar-refractivity contribution in [2.45, 2.75) is 19.0 Å². The first-order valence-corrected chi connectivity index (χ1v) is 10.5. The Morgan fingerprint density at radius 3 is 2.61 bits per heavy atom. The molecule has 7 heteroatoms. The lowest BCUT2D eigenvalue weighted by molar-refractivity contribution is 0.0739. The molecule has 1 aliphatic heterocycles. The first-order chi connectivity index (χ1) is 15.2. The molecule has 160 valence electrons. The highest BCUT2D eigenvalue weighted by atomic mass is 16.6. The fourth-order valence-corrected chi connectivity index (χ4v) is 3.88. The van der Waals surface area contributed by atoms with Gasteiger partial charge >= 0.3 is 0 Å². The second-order valence-corrected chi connectivity index (χ2v) is 7.55. The zero-order valence-electron chi connectivity index (χ0n) is 17.6. The summed E-state index contributed by atoms with van der Waals surface area (Å²) in [7, 11) is 1.54. The highest BCUT2D eigenvalue weighted by Crippen LogP contribution is 2.22. The van der Waals surface area contributed by atoms with Crippen molar-refractivity contribution < 1.29 is 9.63 Å². The molecule has 1 aliphatic rings. The van der Waals surface area contributed by atoms with Crippen LogP contribution in [0.15, 0.2) is 78.2 Å². The van der Waals surface area contributed by atoms with E-state index in [-0.39, 0.29) is 11.9 Å². The van der Waals surface area contributed by atoms with Gasteiger partial charge < -0.3 is 15.1 Å². The maximum Gasteiger partial charge on any atom is 0.254 e. The largest absolute Gasteiger partial charge is 0.399 e. The molecule has 1 amide bonds. The topological polar surface area (TPSA) is 71.8 Å². The summed E-state index contributed by atoms with van der Waals surface area (Å²) in [6.45, 7) is 2.74. The second kappa shape index (κ2) is 10.0. The maximum absolute atomic E-state index is 13.3. The highest BCUT2D eigenvalue weighted by molar-refractivity contribution is 6.00. The number of benzene rings is 2. The highest BCUT2D eigenvalue weighted by Gasteiger charge is 2.33. The van der Waals surface area contributed by atoms with Crippen LogP contribution in [0.25, 0.3) is 11.1 Å². The summed E-state index contributed by atoms with van der Waals surface area (Å²) in [4.78, 5) is 20.1. The lowest BCUT2D eigenvalue weighted by atomic mass is 10.0. The molecule has 0 saturated carbocycles. The van der Waals surface area contributed by atoms with E-state index in [9.17, 15) is 4.79 Å². The van der Waals surface area contributed by atoms with Crippen molar-refractivity contribution in [3.8, 4) is 11.1 Å². The molecule has 1 unspecified atom stereocenters. The van der Waals surface area contributed by atoms with Crippen LogP contribution < -0.4 is 5.32 Å². The summed E-state index contributed by atoms with van der Waals surface area (Å²) < 4.78 is 1.89. The van der Waals surface area contributed by atoms with Crippen LogP contribution in [0.3, 0.4) is 0 Å². The molecule has 4 rings (SSSR count). The van der Waals surface area contributed by atoms with Crippen LogP contribution in [0.4, 0.5) is 0 Å². The lowest BCUT2D eigenvalue weighted by Gasteiger charge is -2.24. The molecular formula is C24H27N5O2. The number of oxime groups is 1. The van der Waals surface area contributed by atoms with E-state index >= 15 is 0 Å². The van der Waals surface area contributed by atoms with Crippen molar-refractivity contribution in [3.63, 3.8) is 0 Å². The van der Waals surface area contributed by atoms with E-state index in [4.69, 9.17) is 4.84 Å². The molecule has 0 spiro atoms. The van der Waals surface area contributed by atoms with E-state index in [0.717, 1.165) is 29.9 Å². The Balaban J connectivity index is 1.41. The number of hydrogen-bond acceptors (Lipinski definition) is 5. The lowest BCUT2D eigenvalue weighted by Crippen LogP contribution is -2.42. The minimum Gasteiger partial charge on any atom is -0.399 e. The standard InChI is InChI=1S/C24H27N5O2/c1-31-27-22-16-23(17-25-13-15-28-14-5-12-26-28)29(18-22)24(30)21-10-8-20(9-11-21)19-6-3-2-4-7-19/h2-12,14,23,25H,13,15-18H2,1H3/b27-22+. The zero-order valence-corrected chi connectivity index (χ0v) is 17.6. The van der Waals surface area contributed by atoms with Crippen LogP contribution in [0.1, 0.15) is 16.8 Å². The molecule has 1 aromatic heterocycles. The van der Waals surface area contributed by atoms with Crippen molar-refractivity contribution in [2.24, 2.45) is 5.16 Å². The molecule has 2 aromatic carbocycles. The van der Waals surface area contributed by atoms with Gasteiger partial charge in [-0.25, -0.2) is 0 Å². The molecule has 2 heterocycles. The number of amides is 1. The van der Waals surface area contributed by atoms with E-state index < -0.39 is 0 Å². The predicted molar refractivity (Wildman–Crippen MR) is 121 cm³/mol. The number of likely N-dealkylation sites (tertiary alicyclic amines) is 1. The normalized spacial score (nSPS) is 17.3. The van der Waals surface area contributed by atoms with Gasteiger partial charge in [-0.05, 0) is 29.3 Å². The average Bonchev–Trinajstić information content (AvgIpc) is 3.47.